The lowest BCUT2D eigenvalue weighted by molar-refractivity contribution is -0.116. The molecule has 0 aromatic heterocycles. The fourth-order valence-corrected chi connectivity index (χ4v) is 2.19. The third-order valence-electron chi connectivity index (χ3n) is 3.44. The Morgan fingerprint density at radius 2 is 1.68 bits per heavy atom. The molecule has 0 bridgehead atoms. The van der Waals surface area contributed by atoms with E-state index in [4.69, 9.17) is 0 Å². The Morgan fingerprint density at radius 1 is 1.05 bits per heavy atom. The lowest BCUT2D eigenvalue weighted by atomic mass is 10.2. The molecule has 0 aliphatic heterocycles. The van der Waals surface area contributed by atoms with Gasteiger partial charge in [0.15, 0.2) is 0 Å². The molecule has 0 fully saturated rings. The van der Waals surface area contributed by atoms with Crippen LogP contribution in [0.4, 0.5) is 5.69 Å². The van der Waals surface area contributed by atoms with E-state index in [0.29, 0.717) is 6.42 Å². The molecule has 2 aromatic rings. The van der Waals surface area contributed by atoms with E-state index in [0.717, 1.165) is 24.3 Å². The van der Waals surface area contributed by atoms with Gasteiger partial charge in [-0.3, -0.25) is 4.79 Å². The minimum atomic E-state index is 0. The quantitative estimate of drug-likeness (QED) is 0.876. The number of aryl methyl sites for hydroxylation is 1. The number of hydrogen-bond donors (Lipinski definition) is 1. The summed E-state index contributed by atoms with van der Waals surface area (Å²) in [6.45, 7) is 3.60. The molecule has 2 rings (SSSR count). The number of hydrogen-bond acceptors (Lipinski definition) is 2. The van der Waals surface area contributed by atoms with Gasteiger partial charge in [0.2, 0.25) is 5.91 Å². The zero-order chi connectivity index (χ0) is 15.1. The highest BCUT2D eigenvalue weighted by Crippen LogP contribution is 2.13. The molecule has 22 heavy (non-hydrogen) atoms. The zero-order valence-electron chi connectivity index (χ0n) is 13.1. The zero-order valence-corrected chi connectivity index (χ0v) is 13.9. The van der Waals surface area contributed by atoms with Gasteiger partial charge in [-0.1, -0.05) is 48.5 Å². The van der Waals surface area contributed by atoms with Crippen LogP contribution in [0.15, 0.2) is 54.6 Å². The molecule has 118 valence electrons. The molecule has 0 unspecified atom stereocenters. The number of nitrogens with one attached hydrogen (secondary N) is 1. The van der Waals surface area contributed by atoms with Gasteiger partial charge in [0, 0.05) is 25.2 Å². The average molecular weight is 319 g/mol. The molecule has 0 heterocycles. The molecule has 0 radical (unpaired) electrons. The number of benzene rings is 2. The van der Waals surface area contributed by atoms with E-state index in [9.17, 15) is 4.79 Å². The number of nitrogens with zero attached hydrogens (tertiary/aromatic N) is 1. The summed E-state index contributed by atoms with van der Waals surface area (Å²) in [6, 6.07) is 18.1. The highest BCUT2D eigenvalue weighted by Gasteiger charge is 2.06. The molecule has 0 spiro atoms. The number of halogens is 1. The largest absolute Gasteiger partial charge is 0.326 e. The Balaban J connectivity index is 0.00000242. The van der Waals surface area contributed by atoms with Crippen molar-refractivity contribution in [1.29, 1.82) is 0 Å². The van der Waals surface area contributed by atoms with E-state index in [2.05, 4.69) is 22.3 Å². The van der Waals surface area contributed by atoms with Crippen LogP contribution in [0.2, 0.25) is 0 Å². The second kappa shape index (κ2) is 9.23. The summed E-state index contributed by atoms with van der Waals surface area (Å²) < 4.78 is 0. The van der Waals surface area contributed by atoms with Gasteiger partial charge in [-0.05, 0) is 31.2 Å². The maximum absolute atomic E-state index is 12.0. The van der Waals surface area contributed by atoms with Crippen molar-refractivity contribution in [2.75, 3.05) is 18.9 Å². The van der Waals surface area contributed by atoms with Crippen LogP contribution < -0.4 is 5.32 Å². The highest BCUT2D eigenvalue weighted by molar-refractivity contribution is 5.91. The molecule has 0 saturated carbocycles. The summed E-state index contributed by atoms with van der Waals surface area (Å²) in [4.78, 5) is 14.1. The van der Waals surface area contributed by atoms with Gasteiger partial charge in [0.25, 0.3) is 0 Å². The van der Waals surface area contributed by atoms with E-state index in [1.54, 1.807) is 0 Å². The minimum absolute atomic E-state index is 0. The van der Waals surface area contributed by atoms with Gasteiger partial charge in [-0.15, -0.1) is 12.4 Å². The SMILES string of the molecule is Cc1ccccc1NC(=O)CCN(C)Cc1ccccc1.Cl. The maximum Gasteiger partial charge on any atom is 0.225 e. The number of carbonyl (C=O) groups excluding carboxylic acids is 1. The predicted octanol–water partition coefficient (Wildman–Crippen LogP) is 3.88. The van der Waals surface area contributed by atoms with Crippen molar-refractivity contribution in [1.82, 2.24) is 4.90 Å². The highest BCUT2D eigenvalue weighted by atomic mass is 35.5. The molecular weight excluding hydrogens is 296 g/mol. The third kappa shape index (κ3) is 5.88. The predicted molar refractivity (Wildman–Crippen MR) is 94.4 cm³/mol. The molecule has 0 aliphatic rings. The third-order valence-corrected chi connectivity index (χ3v) is 3.44. The molecule has 1 amide bonds. The Morgan fingerprint density at radius 3 is 2.36 bits per heavy atom. The van der Waals surface area contributed by atoms with Crippen LogP contribution in [0.1, 0.15) is 17.5 Å². The monoisotopic (exact) mass is 318 g/mol. The number of rotatable bonds is 6. The first kappa shape index (κ1) is 18.2. The fraction of sp³-hybridized carbons (Fsp3) is 0.278. The summed E-state index contributed by atoms with van der Waals surface area (Å²) in [5, 5.41) is 2.96. The topological polar surface area (TPSA) is 32.3 Å². The molecule has 0 atom stereocenters. The summed E-state index contributed by atoms with van der Waals surface area (Å²) in [5.41, 5.74) is 3.25. The van der Waals surface area contributed by atoms with E-state index < -0.39 is 0 Å². The van der Waals surface area contributed by atoms with Crippen molar-refractivity contribution in [3.8, 4) is 0 Å². The van der Waals surface area contributed by atoms with Crippen molar-refractivity contribution in [3.63, 3.8) is 0 Å². The van der Waals surface area contributed by atoms with Crippen LogP contribution in [0.3, 0.4) is 0 Å². The van der Waals surface area contributed by atoms with Gasteiger partial charge in [0.05, 0.1) is 0 Å². The van der Waals surface area contributed by atoms with Crippen LogP contribution in [0, 0.1) is 6.92 Å². The first-order valence-electron chi connectivity index (χ1n) is 7.23. The molecule has 3 nitrogen and oxygen atoms in total. The first-order valence-corrected chi connectivity index (χ1v) is 7.23. The number of anilines is 1. The van der Waals surface area contributed by atoms with Crippen LogP contribution in [0.25, 0.3) is 0 Å². The molecule has 2 aromatic carbocycles. The van der Waals surface area contributed by atoms with Gasteiger partial charge in [-0.25, -0.2) is 0 Å². The van der Waals surface area contributed by atoms with Crippen LogP contribution in [0.5, 0.6) is 0 Å². The van der Waals surface area contributed by atoms with Crippen molar-refractivity contribution >= 4 is 24.0 Å². The van der Waals surface area contributed by atoms with Gasteiger partial charge < -0.3 is 10.2 Å². The van der Waals surface area contributed by atoms with E-state index in [1.165, 1.54) is 5.56 Å². The van der Waals surface area contributed by atoms with Crippen molar-refractivity contribution in [3.05, 3.63) is 65.7 Å². The van der Waals surface area contributed by atoms with Gasteiger partial charge in [0.1, 0.15) is 0 Å². The summed E-state index contributed by atoms with van der Waals surface area (Å²) in [5.74, 6) is 0.0595. The van der Waals surface area contributed by atoms with Crippen molar-refractivity contribution in [2.24, 2.45) is 0 Å². The minimum Gasteiger partial charge on any atom is -0.326 e. The average Bonchev–Trinajstić information content (AvgIpc) is 2.49. The standard InChI is InChI=1S/C18H22N2O.ClH/c1-15-8-6-7-11-17(15)19-18(21)12-13-20(2)14-16-9-4-3-5-10-16;/h3-11H,12-14H2,1-2H3,(H,19,21);1H. The van der Waals surface area contributed by atoms with E-state index in [1.807, 2.05) is 56.4 Å². The number of carbonyl (C=O) groups is 1. The normalized spacial score (nSPS) is 10.1. The Hall–Kier alpha value is -1.84. The molecule has 1 N–H and O–H groups in total. The number of amides is 1. The van der Waals surface area contributed by atoms with E-state index >= 15 is 0 Å². The van der Waals surface area contributed by atoms with Crippen molar-refractivity contribution < 1.29 is 4.79 Å². The maximum atomic E-state index is 12.0. The molecule has 4 heteroatoms. The Kier molecular flexibility index (Phi) is 7.64. The first-order chi connectivity index (χ1) is 10.1. The van der Waals surface area contributed by atoms with Gasteiger partial charge >= 0.3 is 0 Å². The Bertz CT molecular complexity index is 587. The lowest BCUT2D eigenvalue weighted by Gasteiger charge is -2.16. The van der Waals surface area contributed by atoms with Crippen LogP contribution in [-0.2, 0) is 11.3 Å². The summed E-state index contributed by atoms with van der Waals surface area (Å²) in [7, 11) is 2.04. The van der Waals surface area contributed by atoms with Gasteiger partial charge in [-0.2, -0.15) is 0 Å². The molecular formula is C18H23ClN2O. The smallest absolute Gasteiger partial charge is 0.225 e. The summed E-state index contributed by atoms with van der Waals surface area (Å²) in [6.07, 6.45) is 0.498. The molecule has 0 aliphatic carbocycles. The Labute approximate surface area is 138 Å². The van der Waals surface area contributed by atoms with E-state index in [-0.39, 0.29) is 18.3 Å². The van der Waals surface area contributed by atoms with Crippen molar-refractivity contribution in [2.45, 2.75) is 19.9 Å². The van der Waals surface area contributed by atoms with Crippen LogP contribution in [-0.4, -0.2) is 24.4 Å². The fourth-order valence-electron chi connectivity index (χ4n) is 2.19. The number of para-hydroxylation sites is 1. The lowest BCUT2D eigenvalue weighted by Crippen LogP contribution is -2.24. The molecule has 0 saturated heterocycles. The van der Waals surface area contributed by atoms with Crippen LogP contribution >= 0.6 is 12.4 Å². The second-order valence-corrected chi connectivity index (χ2v) is 5.34. The summed E-state index contributed by atoms with van der Waals surface area (Å²) >= 11 is 0. The second-order valence-electron chi connectivity index (χ2n) is 5.34.